The van der Waals surface area contributed by atoms with Crippen molar-refractivity contribution < 1.29 is 22.9 Å². The van der Waals surface area contributed by atoms with Gasteiger partial charge in [0.2, 0.25) is 5.82 Å². The van der Waals surface area contributed by atoms with Crippen LogP contribution in [0.15, 0.2) is 18.2 Å². The molecule has 0 aliphatic rings. The number of amides is 1. The summed E-state index contributed by atoms with van der Waals surface area (Å²) in [4.78, 5) is 19.8. The van der Waals surface area contributed by atoms with Crippen molar-refractivity contribution in [3.05, 3.63) is 34.1 Å². The number of nitro benzene ring substituents is 1. The molecule has 0 radical (unpaired) electrons. The van der Waals surface area contributed by atoms with Crippen LogP contribution in [0.2, 0.25) is 0 Å². The fourth-order valence-electron chi connectivity index (χ4n) is 0.930. The molecule has 0 spiro atoms. The first-order chi connectivity index (χ1) is 7.41. The first kappa shape index (κ1) is 12.0. The molecule has 0 aromatic heterocycles. The van der Waals surface area contributed by atoms with Crippen molar-refractivity contribution in [1.82, 2.24) is 0 Å². The highest BCUT2D eigenvalue weighted by atomic mass is 19.3. The summed E-state index contributed by atoms with van der Waals surface area (Å²) in [6, 6.07) is 2.33. The number of carbonyl (C=O) groups excluding carboxylic acids is 1. The van der Waals surface area contributed by atoms with E-state index in [1.165, 1.54) is 0 Å². The molecular formula is C8H5F3N2O3. The molecule has 0 saturated carbocycles. The number of nitro groups is 1. The number of nitrogens with zero attached hydrogens (tertiary/aromatic N) is 1. The van der Waals surface area contributed by atoms with E-state index in [0.717, 1.165) is 12.1 Å². The lowest BCUT2D eigenvalue weighted by atomic mass is 10.2. The first-order valence-electron chi connectivity index (χ1n) is 3.95. The van der Waals surface area contributed by atoms with Gasteiger partial charge in [0.15, 0.2) is 0 Å². The highest BCUT2D eigenvalue weighted by molar-refractivity contribution is 5.93. The number of halogens is 3. The van der Waals surface area contributed by atoms with E-state index in [0.29, 0.717) is 6.07 Å². The molecule has 0 fully saturated rings. The van der Waals surface area contributed by atoms with E-state index in [-0.39, 0.29) is 5.69 Å². The largest absolute Gasteiger partial charge is 0.321 e. The molecule has 8 heteroatoms. The standard InChI is InChI=1S/C8H5F3N2O3/c9-5-3-4(12-8(14)7(10)11)1-2-6(5)13(15)16/h1-3,7H,(H,12,14). The lowest BCUT2D eigenvalue weighted by Gasteiger charge is -2.03. The second-order valence-electron chi connectivity index (χ2n) is 2.71. The van der Waals surface area contributed by atoms with Crippen molar-refractivity contribution in [1.29, 1.82) is 0 Å². The average molecular weight is 234 g/mol. The Morgan fingerprint density at radius 2 is 2.06 bits per heavy atom. The van der Waals surface area contributed by atoms with Crippen LogP contribution in [0.3, 0.4) is 0 Å². The average Bonchev–Trinajstić information content (AvgIpc) is 2.16. The van der Waals surface area contributed by atoms with Crippen molar-refractivity contribution in [3.8, 4) is 0 Å². The molecule has 1 aromatic rings. The van der Waals surface area contributed by atoms with Gasteiger partial charge in [-0.05, 0) is 6.07 Å². The summed E-state index contributed by atoms with van der Waals surface area (Å²) in [5.41, 5.74) is -1.07. The number of hydrogen-bond donors (Lipinski definition) is 1. The van der Waals surface area contributed by atoms with Gasteiger partial charge in [-0.3, -0.25) is 14.9 Å². The molecular weight excluding hydrogens is 229 g/mol. The van der Waals surface area contributed by atoms with E-state index in [1.54, 1.807) is 5.32 Å². The van der Waals surface area contributed by atoms with Crippen LogP contribution >= 0.6 is 0 Å². The number of rotatable bonds is 3. The van der Waals surface area contributed by atoms with Crippen LogP contribution in [-0.4, -0.2) is 17.3 Å². The number of nitrogens with one attached hydrogen (secondary N) is 1. The summed E-state index contributed by atoms with van der Waals surface area (Å²) < 4.78 is 36.6. The quantitative estimate of drug-likeness (QED) is 0.641. The Balaban J connectivity index is 2.90. The molecule has 1 N–H and O–H groups in total. The van der Waals surface area contributed by atoms with Crippen molar-refractivity contribution in [3.63, 3.8) is 0 Å². The first-order valence-corrected chi connectivity index (χ1v) is 3.95. The predicted molar refractivity (Wildman–Crippen MR) is 47.7 cm³/mol. The van der Waals surface area contributed by atoms with Gasteiger partial charge in [0.1, 0.15) is 0 Å². The van der Waals surface area contributed by atoms with Gasteiger partial charge in [0.05, 0.1) is 4.92 Å². The van der Waals surface area contributed by atoms with Gasteiger partial charge in [0.25, 0.3) is 5.91 Å². The maximum atomic E-state index is 13.0. The molecule has 16 heavy (non-hydrogen) atoms. The van der Waals surface area contributed by atoms with Crippen molar-refractivity contribution in [2.24, 2.45) is 0 Å². The minimum atomic E-state index is -3.24. The normalized spacial score (nSPS) is 10.2. The minimum absolute atomic E-state index is 0.270. The Morgan fingerprint density at radius 1 is 1.44 bits per heavy atom. The number of anilines is 1. The van der Waals surface area contributed by atoms with Crippen molar-refractivity contribution >= 4 is 17.3 Å². The van der Waals surface area contributed by atoms with E-state index in [2.05, 4.69) is 0 Å². The van der Waals surface area contributed by atoms with Crippen molar-refractivity contribution in [2.75, 3.05) is 5.32 Å². The van der Waals surface area contributed by atoms with Gasteiger partial charge in [-0.25, -0.2) is 0 Å². The van der Waals surface area contributed by atoms with Gasteiger partial charge >= 0.3 is 12.1 Å². The van der Waals surface area contributed by atoms with E-state index >= 15 is 0 Å². The summed E-state index contributed by atoms with van der Waals surface area (Å²) in [5, 5.41) is 11.9. The zero-order valence-electron chi connectivity index (χ0n) is 7.62. The Bertz CT molecular complexity index is 437. The molecule has 0 bridgehead atoms. The zero-order valence-corrected chi connectivity index (χ0v) is 7.62. The number of alkyl halides is 2. The third kappa shape index (κ3) is 2.69. The molecule has 86 valence electrons. The van der Waals surface area contributed by atoms with E-state index in [4.69, 9.17) is 0 Å². The Hall–Kier alpha value is -2.12. The SMILES string of the molecule is O=C(Nc1ccc([N+](=O)[O-])c(F)c1)C(F)F. The molecule has 0 aliphatic heterocycles. The maximum absolute atomic E-state index is 13.0. The lowest BCUT2D eigenvalue weighted by molar-refractivity contribution is -0.387. The minimum Gasteiger partial charge on any atom is -0.321 e. The van der Waals surface area contributed by atoms with Crippen LogP contribution < -0.4 is 5.32 Å². The van der Waals surface area contributed by atoms with Gasteiger partial charge < -0.3 is 5.32 Å². The van der Waals surface area contributed by atoms with Crippen molar-refractivity contribution in [2.45, 2.75) is 6.43 Å². The molecule has 0 heterocycles. The molecule has 0 saturated heterocycles. The summed E-state index contributed by atoms with van der Waals surface area (Å²) in [5.74, 6) is -2.81. The maximum Gasteiger partial charge on any atom is 0.315 e. The van der Waals surface area contributed by atoms with Crippen LogP contribution in [-0.2, 0) is 4.79 Å². The predicted octanol–water partition coefficient (Wildman–Crippen LogP) is 1.94. The fraction of sp³-hybridized carbons (Fsp3) is 0.125. The molecule has 0 unspecified atom stereocenters. The van der Waals surface area contributed by atoms with Crippen LogP contribution in [0.1, 0.15) is 0 Å². The topological polar surface area (TPSA) is 72.2 Å². The third-order valence-electron chi connectivity index (χ3n) is 1.61. The third-order valence-corrected chi connectivity index (χ3v) is 1.61. The fourth-order valence-corrected chi connectivity index (χ4v) is 0.930. The monoisotopic (exact) mass is 234 g/mol. The van der Waals surface area contributed by atoms with Gasteiger partial charge in [-0.1, -0.05) is 0 Å². The molecule has 5 nitrogen and oxygen atoms in total. The number of hydrogen-bond acceptors (Lipinski definition) is 3. The molecule has 0 aliphatic carbocycles. The van der Waals surface area contributed by atoms with E-state index in [1.807, 2.05) is 0 Å². The summed E-state index contributed by atoms with van der Waals surface area (Å²) in [7, 11) is 0. The number of carbonyl (C=O) groups is 1. The highest BCUT2D eigenvalue weighted by Crippen LogP contribution is 2.20. The van der Waals surface area contributed by atoms with Crippen LogP contribution in [0, 0.1) is 15.9 Å². The summed E-state index contributed by atoms with van der Waals surface area (Å²) in [6.07, 6.45) is -3.24. The highest BCUT2D eigenvalue weighted by Gasteiger charge is 2.18. The van der Waals surface area contributed by atoms with Gasteiger partial charge in [-0.2, -0.15) is 13.2 Å². The Kier molecular flexibility index (Phi) is 3.44. The molecule has 1 rings (SSSR count). The summed E-state index contributed by atoms with van der Waals surface area (Å²) >= 11 is 0. The van der Waals surface area contributed by atoms with Crippen LogP contribution in [0.4, 0.5) is 24.5 Å². The number of benzene rings is 1. The smallest absolute Gasteiger partial charge is 0.315 e. The zero-order chi connectivity index (χ0) is 12.3. The van der Waals surface area contributed by atoms with Crippen LogP contribution in [0.5, 0.6) is 0 Å². The second-order valence-corrected chi connectivity index (χ2v) is 2.71. The van der Waals surface area contributed by atoms with Crippen LogP contribution in [0.25, 0.3) is 0 Å². The summed E-state index contributed by atoms with van der Waals surface area (Å²) in [6.45, 7) is 0. The van der Waals surface area contributed by atoms with Gasteiger partial charge in [-0.15, -0.1) is 0 Å². The van der Waals surface area contributed by atoms with Gasteiger partial charge in [0, 0.05) is 17.8 Å². The molecule has 1 amide bonds. The Morgan fingerprint density at radius 3 is 2.50 bits per heavy atom. The molecule has 1 aromatic carbocycles. The van der Waals surface area contributed by atoms with E-state index < -0.39 is 28.8 Å². The lowest BCUT2D eigenvalue weighted by Crippen LogP contribution is -2.20. The molecule has 0 atom stereocenters. The second kappa shape index (κ2) is 4.60. The Labute approximate surface area is 87.0 Å². The van der Waals surface area contributed by atoms with E-state index in [9.17, 15) is 28.1 Å².